The van der Waals surface area contributed by atoms with Gasteiger partial charge in [0.2, 0.25) is 5.91 Å². The van der Waals surface area contributed by atoms with Crippen LogP contribution in [0.25, 0.3) is 17.1 Å². The third-order valence-electron chi connectivity index (χ3n) is 6.60. The number of alkyl halides is 3. The zero-order chi connectivity index (χ0) is 29.0. The number of hydrogen-bond donors (Lipinski definition) is 1. The minimum Gasteiger partial charge on any atom is -0.406 e. The van der Waals surface area contributed by atoms with Crippen LogP contribution in [-0.4, -0.2) is 44.5 Å². The highest BCUT2D eigenvalue weighted by Crippen LogP contribution is 2.35. The van der Waals surface area contributed by atoms with Crippen molar-refractivity contribution >= 4 is 29.6 Å². The Balaban J connectivity index is 1.23. The number of amides is 1. The first-order chi connectivity index (χ1) is 19.7. The number of rotatable bonds is 9. The van der Waals surface area contributed by atoms with Gasteiger partial charge in [-0.3, -0.25) is 15.1 Å². The molecule has 212 valence electrons. The molecule has 2 unspecified atom stereocenters. The van der Waals surface area contributed by atoms with Gasteiger partial charge >= 0.3 is 6.36 Å². The zero-order valence-electron chi connectivity index (χ0n) is 22.2. The van der Waals surface area contributed by atoms with E-state index in [9.17, 15) is 18.0 Å². The molecule has 0 aliphatic carbocycles. The molecular weight excluding hydrogens is 553 g/mol. The number of para-hydroxylation sites is 1. The molecule has 0 saturated carbocycles. The monoisotopic (exact) mass is 580 g/mol. The minimum absolute atomic E-state index is 0.0420. The quantitative estimate of drug-likeness (QED) is 0.184. The van der Waals surface area contributed by atoms with Crippen LogP contribution in [0.5, 0.6) is 5.75 Å². The summed E-state index contributed by atoms with van der Waals surface area (Å²) in [5, 5.41) is 8.82. The van der Waals surface area contributed by atoms with Crippen molar-refractivity contribution in [3.8, 4) is 22.8 Å². The summed E-state index contributed by atoms with van der Waals surface area (Å²) < 4.78 is 42.5. The van der Waals surface area contributed by atoms with Gasteiger partial charge in [0.1, 0.15) is 12.1 Å². The molecule has 12 heteroatoms. The van der Waals surface area contributed by atoms with Gasteiger partial charge in [0.15, 0.2) is 11.3 Å². The molecule has 3 aromatic carbocycles. The lowest BCUT2D eigenvalue weighted by Gasteiger charge is -2.27. The van der Waals surface area contributed by atoms with Gasteiger partial charge < -0.3 is 4.74 Å². The summed E-state index contributed by atoms with van der Waals surface area (Å²) in [5.74, 6) is 0.891. The Morgan fingerprint density at radius 1 is 1.12 bits per heavy atom. The lowest BCUT2D eigenvalue weighted by Crippen LogP contribution is -2.40. The number of benzene rings is 3. The molecule has 5 rings (SSSR count). The Labute approximate surface area is 239 Å². The summed E-state index contributed by atoms with van der Waals surface area (Å²) in [7, 11) is 0. The van der Waals surface area contributed by atoms with Crippen LogP contribution in [-0.2, 0) is 4.79 Å². The number of carbonyl (C=O) groups is 1. The fourth-order valence-electron chi connectivity index (χ4n) is 4.34. The number of ether oxygens (including phenoxy) is 1. The van der Waals surface area contributed by atoms with Crippen molar-refractivity contribution in [3.05, 3.63) is 90.3 Å². The van der Waals surface area contributed by atoms with Crippen LogP contribution < -0.4 is 15.1 Å². The first-order valence-electron chi connectivity index (χ1n) is 12.9. The van der Waals surface area contributed by atoms with Gasteiger partial charge in [-0.25, -0.2) is 9.67 Å². The number of aromatic nitrogens is 3. The van der Waals surface area contributed by atoms with E-state index in [0.717, 1.165) is 28.8 Å². The minimum atomic E-state index is -4.75. The second-order valence-corrected chi connectivity index (χ2v) is 10.4. The largest absolute Gasteiger partial charge is 0.573 e. The summed E-state index contributed by atoms with van der Waals surface area (Å²) in [6.45, 7) is 4.29. The topological polar surface area (TPSA) is 84.6 Å². The summed E-state index contributed by atoms with van der Waals surface area (Å²) >= 11 is 1.50. The fourth-order valence-corrected chi connectivity index (χ4v) is 5.29. The van der Waals surface area contributed by atoms with E-state index in [-0.39, 0.29) is 17.2 Å². The summed E-state index contributed by atoms with van der Waals surface area (Å²) in [5.41, 5.74) is 6.98. The highest BCUT2D eigenvalue weighted by Gasteiger charge is 2.34. The van der Waals surface area contributed by atoms with E-state index >= 15 is 0 Å². The van der Waals surface area contributed by atoms with Crippen molar-refractivity contribution in [1.29, 1.82) is 0 Å². The number of thioether (sulfide) groups is 1. The third kappa shape index (κ3) is 6.71. The molecule has 1 fully saturated rings. The number of halogens is 3. The van der Waals surface area contributed by atoms with Gasteiger partial charge in [0, 0.05) is 5.56 Å². The Hall–Kier alpha value is -4.32. The summed E-state index contributed by atoms with van der Waals surface area (Å²) in [6, 6.07) is 20.8. The zero-order valence-corrected chi connectivity index (χ0v) is 23.1. The van der Waals surface area contributed by atoms with Crippen molar-refractivity contribution in [3.63, 3.8) is 0 Å². The molecule has 1 saturated heterocycles. The second kappa shape index (κ2) is 12.0. The first-order valence-corrected chi connectivity index (χ1v) is 14.0. The second-order valence-electron chi connectivity index (χ2n) is 9.36. The number of hydrogen-bond acceptors (Lipinski definition) is 7. The van der Waals surface area contributed by atoms with Gasteiger partial charge in [0.25, 0.3) is 0 Å². The molecule has 8 nitrogen and oxygen atoms in total. The van der Waals surface area contributed by atoms with Gasteiger partial charge in [-0.15, -0.1) is 30.0 Å². The molecule has 2 atom stereocenters. The van der Waals surface area contributed by atoms with Crippen LogP contribution in [0, 0.1) is 0 Å². The maximum atomic E-state index is 12.8. The Bertz CT molecular complexity index is 1520. The van der Waals surface area contributed by atoms with Gasteiger partial charge in [-0.2, -0.15) is 5.10 Å². The molecule has 1 amide bonds. The maximum Gasteiger partial charge on any atom is 0.573 e. The molecule has 1 aliphatic rings. The van der Waals surface area contributed by atoms with E-state index in [1.807, 2.05) is 42.5 Å². The number of hydrazone groups is 1. The predicted molar refractivity (Wildman–Crippen MR) is 153 cm³/mol. The van der Waals surface area contributed by atoms with Crippen molar-refractivity contribution in [1.82, 2.24) is 20.2 Å². The van der Waals surface area contributed by atoms with E-state index in [1.54, 1.807) is 11.1 Å². The molecule has 1 aliphatic heterocycles. The molecule has 2 heterocycles. The molecule has 0 radical (unpaired) electrons. The first kappa shape index (κ1) is 28.2. The standard InChI is InChI=1S/C29H27F3N6O2S/c1-3-19(2)24-6-4-5-7-25(24)38-26(39)17-41-28(38)35-34-16-20-8-10-21(11-9-20)27-33-18-37(36-27)22-12-14-23(15-13-22)40-29(30,31)32/h4-16,18-19,28,35H,3,17H2,1-2H3/b34-16+. The number of nitrogens with one attached hydrogen (secondary N) is 1. The van der Waals surface area contributed by atoms with E-state index in [4.69, 9.17) is 0 Å². The van der Waals surface area contributed by atoms with E-state index in [1.165, 1.54) is 47.0 Å². The van der Waals surface area contributed by atoms with Crippen LogP contribution >= 0.6 is 11.8 Å². The average Bonchev–Trinajstić information content (AvgIpc) is 3.60. The van der Waals surface area contributed by atoms with Gasteiger partial charge in [-0.05, 0) is 53.8 Å². The maximum absolute atomic E-state index is 12.8. The number of carbonyl (C=O) groups excluding carboxylic acids is 1. The molecular formula is C29H27F3N6O2S. The van der Waals surface area contributed by atoms with Crippen LogP contribution in [0.15, 0.2) is 84.2 Å². The van der Waals surface area contributed by atoms with Crippen molar-refractivity contribution in [2.24, 2.45) is 5.10 Å². The van der Waals surface area contributed by atoms with E-state index in [2.05, 4.69) is 45.3 Å². The lowest BCUT2D eigenvalue weighted by atomic mass is 9.96. The lowest BCUT2D eigenvalue weighted by molar-refractivity contribution is -0.274. The SMILES string of the molecule is CCC(C)c1ccccc1N1C(=O)CSC1N/N=C/c1ccc(-c2ncn(-c3ccc(OC(F)(F)F)cc3)n2)cc1. The van der Waals surface area contributed by atoms with E-state index in [0.29, 0.717) is 23.2 Å². The van der Waals surface area contributed by atoms with Crippen molar-refractivity contribution < 1.29 is 22.7 Å². The normalized spacial score (nSPS) is 16.4. The van der Waals surface area contributed by atoms with Gasteiger partial charge in [0.05, 0.1) is 23.3 Å². The third-order valence-corrected chi connectivity index (χ3v) is 7.65. The van der Waals surface area contributed by atoms with E-state index < -0.39 is 6.36 Å². The number of anilines is 1. The van der Waals surface area contributed by atoms with Crippen LogP contribution in [0.2, 0.25) is 0 Å². The number of nitrogens with zero attached hydrogens (tertiary/aromatic N) is 5. The summed E-state index contributed by atoms with van der Waals surface area (Å²) in [4.78, 5) is 18.9. The van der Waals surface area contributed by atoms with Gasteiger partial charge in [-0.1, -0.05) is 56.3 Å². The predicted octanol–water partition coefficient (Wildman–Crippen LogP) is 6.33. The molecule has 1 N–H and O–H groups in total. The summed E-state index contributed by atoms with van der Waals surface area (Å²) in [6.07, 6.45) is -0.604. The van der Waals surface area contributed by atoms with Crippen molar-refractivity contribution in [2.45, 2.75) is 38.0 Å². The smallest absolute Gasteiger partial charge is 0.406 e. The highest BCUT2D eigenvalue weighted by molar-refractivity contribution is 8.01. The van der Waals surface area contributed by atoms with Crippen LogP contribution in [0.1, 0.15) is 37.3 Å². The molecule has 0 bridgehead atoms. The molecule has 0 spiro atoms. The van der Waals surface area contributed by atoms with Crippen LogP contribution in [0.3, 0.4) is 0 Å². The molecule has 4 aromatic rings. The Morgan fingerprint density at radius 2 is 1.85 bits per heavy atom. The fraction of sp³-hybridized carbons (Fsp3) is 0.241. The highest BCUT2D eigenvalue weighted by atomic mass is 32.2. The Morgan fingerprint density at radius 3 is 2.56 bits per heavy atom. The molecule has 1 aromatic heterocycles. The average molecular weight is 581 g/mol. The van der Waals surface area contributed by atoms with Crippen molar-refractivity contribution in [2.75, 3.05) is 10.7 Å². The van der Waals surface area contributed by atoms with Crippen LogP contribution in [0.4, 0.5) is 18.9 Å². The molecule has 41 heavy (non-hydrogen) atoms. The Kier molecular flexibility index (Phi) is 8.29.